The second kappa shape index (κ2) is 8.20. The van der Waals surface area contributed by atoms with E-state index in [0.717, 1.165) is 12.1 Å². The van der Waals surface area contributed by atoms with Gasteiger partial charge in [-0.15, -0.1) is 0 Å². The Kier molecular flexibility index (Phi) is 5.54. The number of ketones is 2. The van der Waals surface area contributed by atoms with E-state index in [4.69, 9.17) is 4.74 Å². The van der Waals surface area contributed by atoms with Gasteiger partial charge in [0.25, 0.3) is 11.6 Å². The van der Waals surface area contributed by atoms with E-state index in [1.165, 1.54) is 18.2 Å². The number of benzene rings is 2. The van der Waals surface area contributed by atoms with Gasteiger partial charge in [0.15, 0.2) is 22.2 Å². The Balaban J connectivity index is 1.58. The molecule has 1 aliphatic heterocycles. The minimum atomic E-state index is -3.23. The van der Waals surface area contributed by atoms with E-state index in [2.05, 4.69) is 5.32 Å². The predicted molar refractivity (Wildman–Crippen MR) is 112 cm³/mol. The zero-order valence-corrected chi connectivity index (χ0v) is 17.7. The number of rotatable bonds is 5. The maximum Gasteiger partial charge on any atom is 0.345 e. The Morgan fingerprint density at radius 3 is 2.33 bits per heavy atom. The van der Waals surface area contributed by atoms with Crippen LogP contribution >= 0.6 is 0 Å². The number of amides is 1. The fraction of sp³-hybridized carbons (Fsp3) is 0.238. The average Bonchev–Trinajstić information content (AvgIpc) is 3.12. The molecule has 4 rings (SSSR count). The summed E-state index contributed by atoms with van der Waals surface area (Å²) in [6, 6.07) is 7.39. The number of hydrogen-bond acceptors (Lipinski definition) is 9. The third-order valence-electron chi connectivity index (χ3n) is 5.40. The lowest BCUT2D eigenvalue weighted by molar-refractivity contribution is -0.385. The molecule has 0 saturated carbocycles. The van der Waals surface area contributed by atoms with Gasteiger partial charge in [-0.3, -0.25) is 24.5 Å². The van der Waals surface area contributed by atoms with Crippen LogP contribution in [0.25, 0.3) is 0 Å². The summed E-state index contributed by atoms with van der Waals surface area (Å²) >= 11 is 0. The minimum absolute atomic E-state index is 0.0190. The van der Waals surface area contributed by atoms with Crippen molar-refractivity contribution in [3.8, 4) is 0 Å². The smallest absolute Gasteiger partial charge is 0.345 e. The Hall–Kier alpha value is -3.93. The summed E-state index contributed by atoms with van der Waals surface area (Å²) in [5.74, 6) is -3.66. The SMILES string of the molecule is O=C(COC(=O)c1ccc2c(c1[N+](=O)[O-])C(=O)c1ccccc1C2=O)NC1CCS(=O)(=O)C1. The van der Waals surface area contributed by atoms with Crippen LogP contribution in [0.2, 0.25) is 0 Å². The first-order chi connectivity index (χ1) is 15.6. The Morgan fingerprint density at radius 2 is 1.73 bits per heavy atom. The number of nitro groups is 1. The molecule has 1 N–H and O–H groups in total. The number of nitro benzene ring substituents is 1. The molecule has 170 valence electrons. The van der Waals surface area contributed by atoms with Crippen LogP contribution in [0.3, 0.4) is 0 Å². The summed E-state index contributed by atoms with van der Waals surface area (Å²) in [5, 5.41) is 14.2. The number of carbonyl (C=O) groups is 4. The summed E-state index contributed by atoms with van der Waals surface area (Å²) in [6.45, 7) is -0.806. The molecule has 2 aromatic rings. The lowest BCUT2D eigenvalue weighted by Gasteiger charge is -2.18. The third kappa shape index (κ3) is 4.12. The van der Waals surface area contributed by atoms with Crippen molar-refractivity contribution >= 4 is 39.0 Å². The fourth-order valence-corrected chi connectivity index (χ4v) is 5.58. The average molecular weight is 472 g/mol. The van der Waals surface area contributed by atoms with Crippen LogP contribution in [0.4, 0.5) is 5.69 Å². The standard InChI is InChI=1S/C21H16N2O9S/c24-16(22-11-7-8-33(30,31)10-11)9-32-21(27)15-6-5-14-17(18(15)23(28)29)20(26)13-4-2-1-3-12(13)19(14)25/h1-6,11H,7-10H2,(H,22,24). The summed E-state index contributed by atoms with van der Waals surface area (Å²) < 4.78 is 27.8. The van der Waals surface area contributed by atoms with Crippen molar-refractivity contribution in [2.45, 2.75) is 12.5 Å². The minimum Gasteiger partial charge on any atom is -0.452 e. The molecule has 2 aliphatic rings. The normalized spacial score (nSPS) is 18.2. The molecule has 0 spiro atoms. The topological polar surface area (TPSA) is 167 Å². The molecular formula is C21H16N2O9S. The van der Waals surface area contributed by atoms with Crippen molar-refractivity contribution in [3.05, 3.63) is 74.3 Å². The van der Waals surface area contributed by atoms with Gasteiger partial charge in [-0.25, -0.2) is 13.2 Å². The monoisotopic (exact) mass is 472 g/mol. The number of hydrogen-bond donors (Lipinski definition) is 1. The van der Waals surface area contributed by atoms with Gasteiger partial charge in [0, 0.05) is 22.7 Å². The molecular weight excluding hydrogens is 456 g/mol. The first-order valence-electron chi connectivity index (χ1n) is 9.76. The van der Waals surface area contributed by atoms with Gasteiger partial charge >= 0.3 is 5.97 Å². The highest BCUT2D eigenvalue weighted by molar-refractivity contribution is 7.91. The molecule has 1 saturated heterocycles. The Morgan fingerprint density at radius 1 is 1.06 bits per heavy atom. The van der Waals surface area contributed by atoms with Crippen molar-refractivity contribution in [2.75, 3.05) is 18.1 Å². The quantitative estimate of drug-likeness (QED) is 0.321. The number of esters is 1. The molecule has 1 unspecified atom stereocenters. The van der Waals surface area contributed by atoms with Gasteiger partial charge < -0.3 is 10.1 Å². The number of ether oxygens (including phenoxy) is 1. The van der Waals surface area contributed by atoms with E-state index in [0.29, 0.717) is 0 Å². The van der Waals surface area contributed by atoms with Crippen molar-refractivity contribution in [3.63, 3.8) is 0 Å². The fourth-order valence-electron chi connectivity index (χ4n) is 3.91. The molecule has 2 aromatic carbocycles. The second-order valence-corrected chi connectivity index (χ2v) is 9.82. The molecule has 1 amide bonds. The molecule has 0 radical (unpaired) electrons. The predicted octanol–water partition coefficient (Wildman–Crippen LogP) is 0.830. The first-order valence-corrected chi connectivity index (χ1v) is 11.6. The number of nitrogens with one attached hydrogen (secondary N) is 1. The van der Waals surface area contributed by atoms with Crippen LogP contribution in [0.5, 0.6) is 0 Å². The first kappa shape index (κ1) is 22.3. The van der Waals surface area contributed by atoms with Crippen molar-refractivity contribution in [2.24, 2.45) is 0 Å². The van der Waals surface area contributed by atoms with Gasteiger partial charge in [0.2, 0.25) is 5.78 Å². The third-order valence-corrected chi connectivity index (χ3v) is 7.17. The van der Waals surface area contributed by atoms with E-state index in [1.54, 1.807) is 6.07 Å². The van der Waals surface area contributed by atoms with E-state index in [1.807, 2.05) is 0 Å². The van der Waals surface area contributed by atoms with Crippen LogP contribution in [0.15, 0.2) is 36.4 Å². The molecule has 0 aromatic heterocycles. The maximum atomic E-state index is 12.9. The molecule has 33 heavy (non-hydrogen) atoms. The molecule has 1 heterocycles. The van der Waals surface area contributed by atoms with E-state index < -0.39 is 67.7 Å². The summed E-state index contributed by atoms with van der Waals surface area (Å²) in [5.41, 5.74) is -2.11. The lowest BCUT2D eigenvalue weighted by atomic mass is 9.82. The van der Waals surface area contributed by atoms with E-state index in [9.17, 15) is 37.7 Å². The van der Waals surface area contributed by atoms with E-state index >= 15 is 0 Å². The second-order valence-electron chi connectivity index (χ2n) is 7.59. The van der Waals surface area contributed by atoms with Gasteiger partial charge in [-0.05, 0) is 18.6 Å². The zero-order chi connectivity index (χ0) is 23.9. The molecule has 12 heteroatoms. The molecule has 1 fully saturated rings. The summed E-state index contributed by atoms with van der Waals surface area (Å²) in [6.07, 6.45) is 0.232. The van der Waals surface area contributed by atoms with Crippen molar-refractivity contribution < 1.29 is 37.3 Å². The van der Waals surface area contributed by atoms with Crippen LogP contribution in [0.1, 0.15) is 48.6 Å². The highest BCUT2D eigenvalue weighted by Crippen LogP contribution is 2.35. The van der Waals surface area contributed by atoms with Crippen LogP contribution in [-0.2, 0) is 19.4 Å². The molecule has 1 atom stereocenters. The lowest BCUT2D eigenvalue weighted by Crippen LogP contribution is -2.38. The summed E-state index contributed by atoms with van der Waals surface area (Å²) in [7, 11) is -3.23. The highest BCUT2D eigenvalue weighted by atomic mass is 32.2. The Bertz CT molecular complexity index is 1350. The van der Waals surface area contributed by atoms with Crippen molar-refractivity contribution in [1.82, 2.24) is 5.32 Å². The van der Waals surface area contributed by atoms with Gasteiger partial charge in [0.05, 0.1) is 16.4 Å². The number of fused-ring (bicyclic) bond motifs is 2. The van der Waals surface area contributed by atoms with Gasteiger partial charge in [-0.1, -0.05) is 24.3 Å². The van der Waals surface area contributed by atoms with Gasteiger partial charge in [0.1, 0.15) is 11.1 Å². The maximum absolute atomic E-state index is 12.9. The van der Waals surface area contributed by atoms with Crippen LogP contribution in [-0.4, -0.2) is 60.9 Å². The van der Waals surface area contributed by atoms with Crippen molar-refractivity contribution in [1.29, 1.82) is 0 Å². The summed E-state index contributed by atoms with van der Waals surface area (Å²) in [4.78, 5) is 61.1. The number of sulfone groups is 1. The van der Waals surface area contributed by atoms with E-state index in [-0.39, 0.29) is 34.6 Å². The Labute approximate surface area is 186 Å². The van der Waals surface area contributed by atoms with Crippen LogP contribution in [0, 0.1) is 10.1 Å². The highest BCUT2D eigenvalue weighted by Gasteiger charge is 2.39. The van der Waals surface area contributed by atoms with Crippen LogP contribution < -0.4 is 5.32 Å². The molecule has 1 aliphatic carbocycles. The number of nitrogens with zero attached hydrogens (tertiary/aromatic N) is 1. The van der Waals surface area contributed by atoms with Gasteiger partial charge in [-0.2, -0.15) is 0 Å². The number of carbonyl (C=O) groups excluding carboxylic acids is 4. The largest absolute Gasteiger partial charge is 0.452 e. The molecule has 11 nitrogen and oxygen atoms in total. The molecule has 0 bridgehead atoms. The zero-order valence-electron chi connectivity index (χ0n) is 16.9.